The normalized spacial score (nSPS) is 11.5. The molecule has 1 N–H and O–H groups in total. The van der Waals surface area contributed by atoms with Crippen LogP contribution in [0.4, 0.5) is 5.69 Å². The van der Waals surface area contributed by atoms with E-state index in [0.29, 0.717) is 11.4 Å². The highest BCUT2D eigenvalue weighted by atomic mass is 79.9. The molecular formula is C11H8BrN5O2S2. The van der Waals surface area contributed by atoms with Crippen molar-refractivity contribution in [2.75, 3.05) is 4.72 Å². The zero-order valence-electron chi connectivity index (χ0n) is 10.3. The number of nitrogens with zero attached hydrogens (tertiary/aromatic N) is 4. The zero-order chi connectivity index (χ0) is 14.9. The van der Waals surface area contributed by atoms with Gasteiger partial charge in [0.25, 0.3) is 10.0 Å². The Morgan fingerprint density at radius 1 is 1.24 bits per heavy atom. The molecule has 0 aliphatic rings. The van der Waals surface area contributed by atoms with E-state index in [1.54, 1.807) is 36.4 Å². The van der Waals surface area contributed by atoms with E-state index < -0.39 is 10.0 Å². The van der Waals surface area contributed by atoms with E-state index in [1.807, 2.05) is 0 Å². The van der Waals surface area contributed by atoms with Crippen LogP contribution in [-0.2, 0) is 10.0 Å². The first-order valence-electron chi connectivity index (χ1n) is 5.66. The molecule has 2 aromatic heterocycles. The Labute approximate surface area is 132 Å². The summed E-state index contributed by atoms with van der Waals surface area (Å²) in [4.78, 5) is 0. The molecule has 3 aromatic rings. The predicted molar refractivity (Wildman–Crippen MR) is 82.0 cm³/mol. The maximum absolute atomic E-state index is 12.2. The number of halogens is 1. The van der Waals surface area contributed by atoms with Crippen LogP contribution in [0.15, 0.2) is 50.7 Å². The molecule has 21 heavy (non-hydrogen) atoms. The fourth-order valence-electron chi connectivity index (χ4n) is 1.64. The van der Waals surface area contributed by atoms with Gasteiger partial charge in [0.15, 0.2) is 0 Å². The third kappa shape index (κ3) is 3.12. The third-order valence-electron chi connectivity index (χ3n) is 2.53. The number of nitrogens with one attached hydrogen (secondary N) is 1. The second kappa shape index (κ2) is 5.54. The van der Waals surface area contributed by atoms with Crippen molar-refractivity contribution < 1.29 is 8.42 Å². The van der Waals surface area contributed by atoms with Gasteiger partial charge in [-0.1, -0.05) is 6.07 Å². The molecule has 0 radical (unpaired) electrons. The highest BCUT2D eigenvalue weighted by Crippen LogP contribution is 2.27. The van der Waals surface area contributed by atoms with E-state index in [2.05, 4.69) is 36.2 Å². The Morgan fingerprint density at radius 3 is 2.76 bits per heavy atom. The molecule has 0 spiro atoms. The van der Waals surface area contributed by atoms with E-state index >= 15 is 0 Å². The van der Waals surface area contributed by atoms with Crippen molar-refractivity contribution in [1.29, 1.82) is 0 Å². The van der Waals surface area contributed by atoms with Crippen molar-refractivity contribution >= 4 is 43.0 Å². The third-order valence-corrected chi connectivity index (χ3v) is 6.02. The fraction of sp³-hybridized carbons (Fsp3) is 0. The summed E-state index contributed by atoms with van der Waals surface area (Å²) in [6, 6.07) is 10.0. The van der Waals surface area contributed by atoms with Crippen molar-refractivity contribution in [3.05, 3.63) is 46.5 Å². The summed E-state index contributed by atoms with van der Waals surface area (Å²) in [7, 11) is -3.60. The molecule has 108 valence electrons. The first-order valence-corrected chi connectivity index (χ1v) is 8.75. The summed E-state index contributed by atoms with van der Waals surface area (Å²) < 4.78 is 29.5. The standard InChI is InChI=1S/C11H8BrN5O2S2/c12-10-4-5-11(20-10)21(18,19)14-8-2-1-3-9(6-8)17-7-13-15-16-17/h1-7,14H. The number of thiophene rings is 1. The predicted octanol–water partition coefficient (Wildman–Crippen LogP) is 2.29. The first-order chi connectivity index (χ1) is 10.0. The molecule has 3 rings (SSSR count). The highest BCUT2D eigenvalue weighted by molar-refractivity contribution is 9.11. The molecule has 0 fully saturated rings. The summed E-state index contributed by atoms with van der Waals surface area (Å²) in [6.45, 7) is 0. The Morgan fingerprint density at radius 2 is 2.10 bits per heavy atom. The Kier molecular flexibility index (Phi) is 3.74. The molecule has 0 aliphatic heterocycles. The van der Waals surface area contributed by atoms with Crippen LogP contribution < -0.4 is 4.72 Å². The number of anilines is 1. The summed E-state index contributed by atoms with van der Waals surface area (Å²) in [5, 5.41) is 10.8. The van der Waals surface area contributed by atoms with Crippen LogP contribution >= 0.6 is 27.3 Å². The summed E-state index contributed by atoms with van der Waals surface area (Å²) in [6.07, 6.45) is 1.43. The van der Waals surface area contributed by atoms with Gasteiger partial charge in [0.1, 0.15) is 10.5 Å². The van der Waals surface area contributed by atoms with Gasteiger partial charge in [-0.2, -0.15) is 0 Å². The summed E-state index contributed by atoms with van der Waals surface area (Å²) in [5.41, 5.74) is 1.10. The van der Waals surface area contributed by atoms with Gasteiger partial charge in [-0.3, -0.25) is 4.72 Å². The molecule has 10 heteroatoms. The number of hydrogen-bond acceptors (Lipinski definition) is 6. The van der Waals surface area contributed by atoms with Crippen molar-refractivity contribution in [2.24, 2.45) is 0 Å². The average molecular weight is 386 g/mol. The molecule has 2 heterocycles. The SMILES string of the molecule is O=S(=O)(Nc1cccc(-n2cnnn2)c1)c1ccc(Br)s1. The number of sulfonamides is 1. The lowest BCUT2D eigenvalue weighted by Crippen LogP contribution is -2.11. The summed E-state index contributed by atoms with van der Waals surface area (Å²) in [5.74, 6) is 0. The van der Waals surface area contributed by atoms with Gasteiger partial charge in [0.05, 0.1) is 15.2 Å². The number of rotatable bonds is 4. The van der Waals surface area contributed by atoms with E-state index in [0.717, 1.165) is 15.1 Å². The molecule has 0 amide bonds. The van der Waals surface area contributed by atoms with Crippen LogP contribution in [0.2, 0.25) is 0 Å². The van der Waals surface area contributed by atoms with Crippen molar-refractivity contribution in [1.82, 2.24) is 20.2 Å². The minimum atomic E-state index is -3.60. The van der Waals surface area contributed by atoms with Crippen LogP contribution in [0, 0.1) is 0 Å². The number of benzene rings is 1. The van der Waals surface area contributed by atoms with E-state index in [4.69, 9.17) is 0 Å². The van der Waals surface area contributed by atoms with Crippen LogP contribution in [-0.4, -0.2) is 28.6 Å². The van der Waals surface area contributed by atoms with Crippen LogP contribution in [0.25, 0.3) is 5.69 Å². The Hall–Kier alpha value is -1.78. The second-order valence-corrected chi connectivity index (χ2v) is 8.34. The van der Waals surface area contributed by atoms with Crippen LogP contribution in [0.1, 0.15) is 0 Å². The van der Waals surface area contributed by atoms with E-state index in [1.165, 1.54) is 11.0 Å². The van der Waals surface area contributed by atoms with Gasteiger partial charge < -0.3 is 0 Å². The topological polar surface area (TPSA) is 89.8 Å². The van der Waals surface area contributed by atoms with Gasteiger partial charge in [-0.05, 0) is 56.7 Å². The van der Waals surface area contributed by atoms with E-state index in [9.17, 15) is 8.42 Å². The van der Waals surface area contributed by atoms with Gasteiger partial charge in [0, 0.05) is 0 Å². The molecule has 7 nitrogen and oxygen atoms in total. The van der Waals surface area contributed by atoms with E-state index in [-0.39, 0.29) is 4.21 Å². The maximum atomic E-state index is 12.2. The lowest BCUT2D eigenvalue weighted by atomic mass is 10.3. The highest BCUT2D eigenvalue weighted by Gasteiger charge is 2.16. The van der Waals surface area contributed by atoms with Crippen molar-refractivity contribution in [3.63, 3.8) is 0 Å². The van der Waals surface area contributed by atoms with Gasteiger partial charge >= 0.3 is 0 Å². The summed E-state index contributed by atoms with van der Waals surface area (Å²) >= 11 is 4.39. The first kappa shape index (κ1) is 14.2. The molecule has 0 aliphatic carbocycles. The molecule has 0 saturated carbocycles. The van der Waals surface area contributed by atoms with Crippen LogP contribution in [0.3, 0.4) is 0 Å². The fourth-order valence-corrected chi connectivity index (χ4v) is 4.70. The van der Waals surface area contributed by atoms with Gasteiger partial charge in [-0.25, -0.2) is 13.1 Å². The molecule has 0 atom stereocenters. The quantitative estimate of drug-likeness (QED) is 0.743. The largest absolute Gasteiger partial charge is 0.279 e. The Balaban J connectivity index is 1.90. The molecule has 0 bridgehead atoms. The lowest BCUT2D eigenvalue weighted by Gasteiger charge is -2.07. The number of aromatic nitrogens is 4. The molecule has 0 unspecified atom stereocenters. The zero-order valence-corrected chi connectivity index (χ0v) is 13.6. The average Bonchev–Trinajstić information content (AvgIpc) is 3.09. The number of tetrazole rings is 1. The molecular weight excluding hydrogens is 378 g/mol. The minimum Gasteiger partial charge on any atom is -0.279 e. The lowest BCUT2D eigenvalue weighted by molar-refractivity contribution is 0.603. The van der Waals surface area contributed by atoms with Gasteiger partial charge in [-0.15, -0.1) is 16.4 Å². The molecule has 0 saturated heterocycles. The second-order valence-electron chi connectivity index (χ2n) is 3.97. The molecule has 1 aromatic carbocycles. The smallest absolute Gasteiger partial charge is 0.271 e. The monoisotopic (exact) mass is 385 g/mol. The van der Waals surface area contributed by atoms with Crippen LogP contribution in [0.5, 0.6) is 0 Å². The number of hydrogen-bond donors (Lipinski definition) is 1. The van der Waals surface area contributed by atoms with Crippen molar-refractivity contribution in [3.8, 4) is 5.69 Å². The Bertz CT molecular complexity index is 860. The maximum Gasteiger partial charge on any atom is 0.271 e. The van der Waals surface area contributed by atoms with Crippen molar-refractivity contribution in [2.45, 2.75) is 4.21 Å². The van der Waals surface area contributed by atoms with Gasteiger partial charge in [0.2, 0.25) is 0 Å². The minimum absolute atomic E-state index is 0.238.